The molecule has 0 fully saturated rings. The maximum Gasteiger partial charge on any atom is 0.0530 e. The van der Waals surface area contributed by atoms with E-state index in [1.165, 1.54) is 21.5 Å². The van der Waals surface area contributed by atoms with Gasteiger partial charge in [0, 0.05) is 30.8 Å². The average molecular weight is 328 g/mol. The van der Waals surface area contributed by atoms with E-state index < -0.39 is 0 Å². The first kappa shape index (κ1) is 16.1. The molecule has 0 saturated carbocycles. The van der Waals surface area contributed by atoms with Crippen LogP contribution in [0.25, 0.3) is 21.5 Å². The van der Waals surface area contributed by atoms with Gasteiger partial charge in [-0.05, 0) is 47.7 Å². The number of hydrogen-bond acceptors (Lipinski definition) is 2. The van der Waals surface area contributed by atoms with E-state index >= 15 is 0 Å². The number of benzene rings is 3. The van der Waals surface area contributed by atoms with Crippen LogP contribution in [0.1, 0.15) is 13.3 Å². The van der Waals surface area contributed by atoms with E-state index in [1.807, 2.05) is 6.92 Å². The summed E-state index contributed by atoms with van der Waals surface area (Å²) in [4.78, 5) is 0. The van der Waals surface area contributed by atoms with Gasteiger partial charge in [-0.3, -0.25) is 0 Å². The summed E-state index contributed by atoms with van der Waals surface area (Å²) in [7, 11) is 0. The van der Waals surface area contributed by atoms with Gasteiger partial charge in [0.25, 0.3) is 0 Å². The number of halogens is 1. The fraction of sp³-hybridized carbons (Fsp3) is 0.300. The van der Waals surface area contributed by atoms with Crippen LogP contribution in [0.5, 0.6) is 0 Å². The Morgan fingerprint density at radius 1 is 1.00 bits per heavy atom. The van der Waals surface area contributed by atoms with Gasteiger partial charge in [0.15, 0.2) is 0 Å². The van der Waals surface area contributed by atoms with Crippen molar-refractivity contribution in [3.8, 4) is 0 Å². The third-order valence-corrected chi connectivity index (χ3v) is 4.41. The lowest BCUT2D eigenvalue weighted by molar-refractivity contribution is 0.145. The Morgan fingerprint density at radius 2 is 1.74 bits per heavy atom. The van der Waals surface area contributed by atoms with Crippen LogP contribution in [0.3, 0.4) is 0 Å². The average Bonchev–Trinajstić information content (AvgIpc) is 2.58. The van der Waals surface area contributed by atoms with Crippen LogP contribution in [-0.4, -0.2) is 25.1 Å². The lowest BCUT2D eigenvalue weighted by Crippen LogP contribution is -2.16. The minimum Gasteiger partial charge on any atom is -0.383 e. The third-order valence-electron chi connectivity index (χ3n) is 4.04. The number of anilines is 1. The molecule has 0 amide bonds. The smallest absolute Gasteiger partial charge is 0.0530 e. The highest BCUT2D eigenvalue weighted by molar-refractivity contribution is 6.21. The normalized spacial score (nSPS) is 12.6. The van der Waals surface area contributed by atoms with Gasteiger partial charge < -0.3 is 10.1 Å². The molecule has 0 radical (unpaired) electrons. The Hall–Kier alpha value is -1.77. The number of nitrogens with one attached hydrogen (secondary N) is 1. The second-order valence-corrected chi connectivity index (χ2v) is 6.31. The van der Waals surface area contributed by atoms with Crippen molar-refractivity contribution in [3.63, 3.8) is 0 Å². The first-order valence-electron chi connectivity index (χ1n) is 8.15. The van der Waals surface area contributed by atoms with E-state index in [1.54, 1.807) is 0 Å². The number of ether oxygens (including phenoxy) is 1. The molecule has 1 N–H and O–H groups in total. The molecule has 0 aliphatic rings. The summed E-state index contributed by atoms with van der Waals surface area (Å²) in [5, 5.41) is 8.56. The van der Waals surface area contributed by atoms with Gasteiger partial charge in [-0.2, -0.15) is 0 Å². The van der Waals surface area contributed by atoms with Crippen LogP contribution < -0.4 is 5.32 Å². The molecular formula is C20H22ClNO. The fourth-order valence-electron chi connectivity index (χ4n) is 2.80. The van der Waals surface area contributed by atoms with Crippen molar-refractivity contribution in [1.82, 2.24) is 0 Å². The zero-order valence-corrected chi connectivity index (χ0v) is 14.1. The van der Waals surface area contributed by atoms with Gasteiger partial charge in [0.2, 0.25) is 0 Å². The van der Waals surface area contributed by atoms with Gasteiger partial charge in [-0.1, -0.05) is 36.4 Å². The first-order chi connectivity index (χ1) is 11.3. The molecule has 2 nitrogen and oxygen atoms in total. The van der Waals surface area contributed by atoms with Crippen molar-refractivity contribution in [2.45, 2.75) is 18.7 Å². The Bertz CT molecular complexity index is 787. The summed E-state index contributed by atoms with van der Waals surface area (Å²) in [6.07, 6.45) is 0.857. The molecule has 0 heterocycles. The largest absolute Gasteiger partial charge is 0.383 e. The quantitative estimate of drug-likeness (QED) is 0.354. The Kier molecular flexibility index (Phi) is 5.37. The van der Waals surface area contributed by atoms with E-state index in [4.69, 9.17) is 16.3 Å². The topological polar surface area (TPSA) is 21.3 Å². The summed E-state index contributed by atoms with van der Waals surface area (Å²) in [5.41, 5.74) is 1.13. The summed E-state index contributed by atoms with van der Waals surface area (Å²) >= 11 is 6.37. The molecule has 3 heteroatoms. The van der Waals surface area contributed by atoms with Gasteiger partial charge in [-0.15, -0.1) is 11.6 Å². The third kappa shape index (κ3) is 3.95. The van der Waals surface area contributed by atoms with Crippen LogP contribution in [-0.2, 0) is 4.74 Å². The maximum atomic E-state index is 6.37. The van der Waals surface area contributed by atoms with Crippen molar-refractivity contribution in [2.24, 2.45) is 0 Å². The van der Waals surface area contributed by atoms with E-state index in [2.05, 4.69) is 59.9 Å². The molecule has 0 aliphatic heterocycles. The van der Waals surface area contributed by atoms with Crippen molar-refractivity contribution in [1.29, 1.82) is 0 Å². The van der Waals surface area contributed by atoms with Crippen molar-refractivity contribution < 1.29 is 4.74 Å². The van der Waals surface area contributed by atoms with Crippen LogP contribution in [0, 0.1) is 0 Å². The lowest BCUT2D eigenvalue weighted by Gasteiger charge is -2.14. The molecule has 1 atom stereocenters. The Labute approximate surface area is 142 Å². The molecule has 3 rings (SSSR count). The van der Waals surface area contributed by atoms with E-state index in [0.29, 0.717) is 6.61 Å². The predicted molar refractivity (Wildman–Crippen MR) is 101 cm³/mol. The standard InChI is InChI=1S/C20H22ClNO/c1-2-23-11-10-18(21)14-22-20-9-5-8-17-12-15-6-3-4-7-16(15)13-19(17)20/h3-9,12-13,18,22H,2,10-11,14H2,1H3. The van der Waals surface area contributed by atoms with Crippen molar-refractivity contribution in [3.05, 3.63) is 54.6 Å². The molecule has 0 spiro atoms. The predicted octanol–water partition coefficient (Wildman–Crippen LogP) is 5.44. The minimum atomic E-state index is 0.0669. The molecule has 0 saturated heterocycles. The molecule has 1 unspecified atom stereocenters. The number of hydrogen-bond donors (Lipinski definition) is 1. The number of rotatable bonds is 7. The molecule has 23 heavy (non-hydrogen) atoms. The summed E-state index contributed by atoms with van der Waals surface area (Å²) in [6.45, 7) is 4.20. The second kappa shape index (κ2) is 7.67. The second-order valence-electron chi connectivity index (χ2n) is 5.69. The molecular weight excluding hydrogens is 306 g/mol. The SMILES string of the molecule is CCOCCC(Cl)CNc1cccc2cc3ccccc3cc12. The summed E-state index contributed by atoms with van der Waals surface area (Å²) in [6, 6.07) is 19.3. The van der Waals surface area contributed by atoms with Crippen molar-refractivity contribution >= 4 is 38.8 Å². The summed E-state index contributed by atoms with van der Waals surface area (Å²) < 4.78 is 5.36. The van der Waals surface area contributed by atoms with Crippen molar-refractivity contribution in [2.75, 3.05) is 25.1 Å². The van der Waals surface area contributed by atoms with Gasteiger partial charge >= 0.3 is 0 Å². The van der Waals surface area contributed by atoms with E-state index in [0.717, 1.165) is 25.3 Å². The Balaban J connectivity index is 1.79. The van der Waals surface area contributed by atoms with Crippen LogP contribution >= 0.6 is 11.6 Å². The fourth-order valence-corrected chi connectivity index (χ4v) is 2.97. The van der Waals surface area contributed by atoms with E-state index in [-0.39, 0.29) is 5.38 Å². The molecule has 0 bridgehead atoms. The maximum absolute atomic E-state index is 6.37. The zero-order valence-electron chi connectivity index (χ0n) is 13.4. The minimum absolute atomic E-state index is 0.0669. The molecule has 3 aromatic carbocycles. The monoisotopic (exact) mass is 327 g/mol. The van der Waals surface area contributed by atoms with E-state index in [9.17, 15) is 0 Å². The highest BCUT2D eigenvalue weighted by Crippen LogP contribution is 2.28. The van der Waals surface area contributed by atoms with Crippen LogP contribution in [0.2, 0.25) is 0 Å². The lowest BCUT2D eigenvalue weighted by atomic mass is 10.0. The molecule has 0 aliphatic carbocycles. The zero-order chi connectivity index (χ0) is 16.1. The summed E-state index contributed by atoms with van der Waals surface area (Å²) in [5.74, 6) is 0. The first-order valence-corrected chi connectivity index (χ1v) is 8.59. The van der Waals surface area contributed by atoms with Crippen LogP contribution in [0.15, 0.2) is 54.6 Å². The highest BCUT2D eigenvalue weighted by Gasteiger charge is 2.07. The number of alkyl halides is 1. The van der Waals surface area contributed by atoms with Crippen LogP contribution in [0.4, 0.5) is 5.69 Å². The molecule has 0 aromatic heterocycles. The molecule has 3 aromatic rings. The highest BCUT2D eigenvalue weighted by atomic mass is 35.5. The molecule has 120 valence electrons. The Morgan fingerprint density at radius 3 is 2.52 bits per heavy atom. The van der Waals surface area contributed by atoms with Gasteiger partial charge in [-0.25, -0.2) is 0 Å². The number of fused-ring (bicyclic) bond motifs is 2. The van der Waals surface area contributed by atoms with Gasteiger partial charge in [0.05, 0.1) is 5.38 Å². The van der Waals surface area contributed by atoms with Gasteiger partial charge in [0.1, 0.15) is 0 Å².